The second-order valence-corrected chi connectivity index (χ2v) is 7.43. The largest absolute Gasteiger partial charge is 0.455 e. The highest BCUT2D eigenvalue weighted by atomic mass is 32.2. The standard InChI is InChI=1S/C20H15FO2S/c21-17-9-3-1-8-15(17)19-20(24-11-5-6-12-24)16(13-22)14-7-2-4-10-18(14)23-19/h1-13,16,24H. The van der Waals surface area contributed by atoms with Crippen LogP contribution in [0, 0.1) is 5.82 Å². The van der Waals surface area contributed by atoms with Crippen molar-refractivity contribution in [3.8, 4) is 5.75 Å². The minimum Gasteiger partial charge on any atom is -0.455 e. The van der Waals surface area contributed by atoms with Gasteiger partial charge < -0.3 is 9.53 Å². The van der Waals surface area contributed by atoms with E-state index in [1.165, 1.54) is 6.07 Å². The highest BCUT2D eigenvalue weighted by Gasteiger charge is 2.33. The minimum atomic E-state index is -0.813. The summed E-state index contributed by atoms with van der Waals surface area (Å²) < 4.78 is 20.5. The van der Waals surface area contributed by atoms with Gasteiger partial charge in [0.1, 0.15) is 23.6 Å². The molecule has 24 heavy (non-hydrogen) atoms. The van der Waals surface area contributed by atoms with Gasteiger partial charge in [0.2, 0.25) is 0 Å². The van der Waals surface area contributed by atoms with Crippen LogP contribution in [0.2, 0.25) is 0 Å². The molecule has 4 heteroatoms. The molecule has 4 rings (SSSR count). The number of benzene rings is 2. The smallest absolute Gasteiger partial charge is 0.147 e. The molecule has 0 aliphatic carbocycles. The third-order valence-electron chi connectivity index (χ3n) is 4.13. The van der Waals surface area contributed by atoms with Crippen LogP contribution in [0.4, 0.5) is 4.39 Å². The Morgan fingerprint density at radius 2 is 1.71 bits per heavy atom. The van der Waals surface area contributed by atoms with Gasteiger partial charge in [0.25, 0.3) is 0 Å². The maximum atomic E-state index is 14.4. The molecule has 0 spiro atoms. The summed E-state index contributed by atoms with van der Waals surface area (Å²) in [7, 11) is -0.813. The molecule has 0 N–H and O–H groups in total. The maximum Gasteiger partial charge on any atom is 0.147 e. The summed E-state index contributed by atoms with van der Waals surface area (Å²) in [6, 6.07) is 14.0. The predicted octanol–water partition coefficient (Wildman–Crippen LogP) is 4.91. The van der Waals surface area contributed by atoms with Gasteiger partial charge in [0.15, 0.2) is 0 Å². The van der Waals surface area contributed by atoms with Crippen LogP contribution in [-0.2, 0) is 4.79 Å². The first-order valence-corrected chi connectivity index (χ1v) is 9.12. The van der Waals surface area contributed by atoms with E-state index in [2.05, 4.69) is 10.8 Å². The molecule has 0 saturated carbocycles. The SMILES string of the molecule is O=CC1C([SH]2C=CC=C2)=C(c2ccccc2F)Oc2ccccc21. The topological polar surface area (TPSA) is 26.3 Å². The first-order valence-electron chi connectivity index (χ1n) is 7.64. The normalized spacial score (nSPS) is 20.0. The average molecular weight is 338 g/mol. The Morgan fingerprint density at radius 3 is 2.46 bits per heavy atom. The van der Waals surface area contributed by atoms with Crippen LogP contribution < -0.4 is 4.74 Å². The van der Waals surface area contributed by atoms with Crippen molar-refractivity contribution >= 4 is 22.9 Å². The molecule has 120 valence electrons. The van der Waals surface area contributed by atoms with Crippen molar-refractivity contribution in [1.29, 1.82) is 0 Å². The monoisotopic (exact) mass is 338 g/mol. The molecular weight excluding hydrogens is 323 g/mol. The molecular formula is C20H15FO2S. The third kappa shape index (κ3) is 2.39. The van der Waals surface area contributed by atoms with Crippen LogP contribution in [0.5, 0.6) is 5.75 Å². The summed E-state index contributed by atoms with van der Waals surface area (Å²) >= 11 is 0. The zero-order chi connectivity index (χ0) is 16.5. The molecule has 2 aliphatic heterocycles. The Balaban J connectivity index is 1.97. The molecule has 2 aromatic rings. The van der Waals surface area contributed by atoms with Gasteiger partial charge in [0.05, 0.1) is 11.5 Å². The predicted molar refractivity (Wildman–Crippen MR) is 96.5 cm³/mol. The summed E-state index contributed by atoms with van der Waals surface area (Å²) in [5.74, 6) is 0.296. The number of carbonyl (C=O) groups is 1. The van der Waals surface area contributed by atoms with Crippen LogP contribution in [0.3, 0.4) is 0 Å². The fraction of sp³-hybridized carbons (Fsp3) is 0.0500. The summed E-state index contributed by atoms with van der Waals surface area (Å²) in [6.07, 6.45) is 4.85. The average Bonchev–Trinajstić information content (AvgIpc) is 3.14. The van der Waals surface area contributed by atoms with Gasteiger partial charge in [0, 0.05) is 10.5 Å². The van der Waals surface area contributed by atoms with Crippen molar-refractivity contribution in [2.75, 3.05) is 0 Å². The Morgan fingerprint density at radius 1 is 1.00 bits per heavy atom. The molecule has 2 aromatic carbocycles. The number of rotatable bonds is 3. The summed E-state index contributed by atoms with van der Waals surface area (Å²) in [5, 5.41) is 4.11. The lowest BCUT2D eigenvalue weighted by atomic mass is 9.94. The molecule has 0 fully saturated rings. The van der Waals surface area contributed by atoms with Crippen molar-refractivity contribution in [2.45, 2.75) is 5.92 Å². The van der Waals surface area contributed by atoms with Crippen LogP contribution in [0.1, 0.15) is 17.0 Å². The number of fused-ring (bicyclic) bond motifs is 1. The molecule has 2 heterocycles. The molecule has 1 unspecified atom stereocenters. The van der Waals surface area contributed by atoms with Crippen LogP contribution >= 0.6 is 10.9 Å². The number of para-hydroxylation sites is 1. The van der Waals surface area contributed by atoms with Crippen molar-refractivity contribution in [3.05, 3.63) is 93.3 Å². The zero-order valence-electron chi connectivity index (χ0n) is 12.7. The van der Waals surface area contributed by atoms with Crippen molar-refractivity contribution in [1.82, 2.24) is 0 Å². The minimum absolute atomic E-state index is 0.351. The van der Waals surface area contributed by atoms with Gasteiger partial charge in [-0.05, 0) is 29.0 Å². The Labute approximate surface area is 142 Å². The lowest BCUT2D eigenvalue weighted by Crippen LogP contribution is -2.16. The molecule has 1 atom stereocenters. The molecule has 0 saturated heterocycles. The first kappa shape index (κ1) is 15.0. The Kier molecular flexibility index (Phi) is 3.82. The fourth-order valence-electron chi connectivity index (χ4n) is 3.03. The maximum absolute atomic E-state index is 14.4. The summed E-state index contributed by atoms with van der Waals surface area (Å²) in [5.41, 5.74) is 1.23. The van der Waals surface area contributed by atoms with E-state index in [-0.39, 0.29) is 5.82 Å². The van der Waals surface area contributed by atoms with E-state index in [0.717, 1.165) is 16.8 Å². The van der Waals surface area contributed by atoms with Crippen LogP contribution in [0.15, 0.2) is 76.4 Å². The van der Waals surface area contributed by atoms with Gasteiger partial charge in [-0.25, -0.2) is 4.39 Å². The number of thiol groups is 1. The number of aldehydes is 1. The van der Waals surface area contributed by atoms with E-state index in [1.54, 1.807) is 18.2 Å². The number of hydrogen-bond acceptors (Lipinski definition) is 2. The van der Waals surface area contributed by atoms with E-state index >= 15 is 0 Å². The highest BCUT2D eigenvalue weighted by molar-refractivity contribution is 8.25. The van der Waals surface area contributed by atoms with Crippen molar-refractivity contribution < 1.29 is 13.9 Å². The summed E-state index contributed by atoms with van der Waals surface area (Å²) in [4.78, 5) is 12.8. The number of allylic oxidation sites excluding steroid dienone is 3. The van der Waals surface area contributed by atoms with E-state index in [9.17, 15) is 9.18 Å². The second-order valence-electron chi connectivity index (χ2n) is 5.54. The molecule has 0 radical (unpaired) electrons. The van der Waals surface area contributed by atoms with Crippen molar-refractivity contribution in [2.24, 2.45) is 0 Å². The van der Waals surface area contributed by atoms with Gasteiger partial charge in [-0.3, -0.25) is 0 Å². The van der Waals surface area contributed by atoms with E-state index in [4.69, 9.17) is 4.74 Å². The number of ether oxygens (including phenoxy) is 1. The van der Waals surface area contributed by atoms with Crippen LogP contribution in [-0.4, -0.2) is 6.29 Å². The molecule has 2 aliphatic rings. The molecule has 0 bridgehead atoms. The Bertz CT molecular complexity index is 886. The zero-order valence-corrected chi connectivity index (χ0v) is 13.6. The molecule has 0 amide bonds. The van der Waals surface area contributed by atoms with Gasteiger partial charge in [-0.15, -0.1) is 0 Å². The van der Waals surface area contributed by atoms with Crippen molar-refractivity contribution in [3.63, 3.8) is 0 Å². The lowest BCUT2D eigenvalue weighted by Gasteiger charge is -2.31. The third-order valence-corrected chi connectivity index (χ3v) is 6.15. The molecule has 2 nitrogen and oxygen atoms in total. The van der Waals surface area contributed by atoms with E-state index < -0.39 is 16.8 Å². The number of halogens is 1. The first-order chi connectivity index (χ1) is 11.8. The molecule has 0 aromatic heterocycles. The van der Waals surface area contributed by atoms with Gasteiger partial charge in [-0.2, -0.15) is 10.9 Å². The fourth-order valence-corrected chi connectivity index (χ4v) is 4.94. The van der Waals surface area contributed by atoms with E-state index in [1.807, 2.05) is 36.4 Å². The number of carbonyl (C=O) groups excluding carboxylic acids is 1. The summed E-state index contributed by atoms with van der Waals surface area (Å²) in [6.45, 7) is 0. The van der Waals surface area contributed by atoms with Gasteiger partial charge >= 0.3 is 0 Å². The Hall–Kier alpha value is -2.59. The second kappa shape index (κ2) is 6.13. The van der Waals surface area contributed by atoms with E-state index in [0.29, 0.717) is 17.1 Å². The van der Waals surface area contributed by atoms with Gasteiger partial charge in [-0.1, -0.05) is 42.5 Å². The number of hydrogen-bond donors (Lipinski definition) is 1. The van der Waals surface area contributed by atoms with Crippen LogP contribution in [0.25, 0.3) is 5.76 Å². The quantitative estimate of drug-likeness (QED) is 0.636. The highest BCUT2D eigenvalue weighted by Crippen LogP contribution is 2.55. The lowest BCUT2D eigenvalue weighted by molar-refractivity contribution is -0.108.